The summed E-state index contributed by atoms with van der Waals surface area (Å²) in [5.74, 6) is 1.54. The first-order chi connectivity index (χ1) is 18.7. The van der Waals surface area contributed by atoms with Gasteiger partial charge in [-0.3, -0.25) is 0 Å². The Balaban J connectivity index is 1.45. The number of rotatable bonds is 8. The number of alkyl halides is 3. The average Bonchev–Trinajstić information content (AvgIpc) is 3.59. The molecule has 3 heterocycles. The van der Waals surface area contributed by atoms with E-state index in [1.165, 1.54) is 13.4 Å². The Kier molecular flexibility index (Phi) is 7.00. The van der Waals surface area contributed by atoms with Gasteiger partial charge < -0.3 is 9.84 Å². The monoisotopic (exact) mass is 538 g/mol. The van der Waals surface area contributed by atoms with Gasteiger partial charge in [-0.2, -0.15) is 23.4 Å². The fourth-order valence-corrected chi connectivity index (χ4v) is 4.23. The highest BCUT2D eigenvalue weighted by Gasteiger charge is 2.35. The van der Waals surface area contributed by atoms with Crippen molar-refractivity contribution < 1.29 is 23.0 Å². The number of methoxy groups -OCH3 is 1. The first-order valence-corrected chi connectivity index (χ1v) is 12.1. The fraction of sp³-hybridized carbons (Fsp3) is 0.308. The maximum atomic E-state index is 13.1. The molecule has 0 unspecified atom stereocenters. The van der Waals surface area contributed by atoms with Gasteiger partial charge in [0.15, 0.2) is 17.3 Å². The molecule has 1 aromatic carbocycles. The minimum atomic E-state index is -4.61. The Labute approximate surface area is 221 Å². The van der Waals surface area contributed by atoms with E-state index in [-0.39, 0.29) is 5.69 Å². The minimum Gasteiger partial charge on any atom is -0.480 e. The molecule has 39 heavy (non-hydrogen) atoms. The Morgan fingerprint density at radius 2 is 1.95 bits per heavy atom. The lowest BCUT2D eigenvalue weighted by Gasteiger charge is -2.12. The normalized spacial score (nSPS) is 14.1. The van der Waals surface area contributed by atoms with Gasteiger partial charge in [0.1, 0.15) is 11.9 Å². The molecule has 3 aromatic heterocycles. The third-order valence-corrected chi connectivity index (χ3v) is 6.32. The quantitative estimate of drug-likeness (QED) is 0.263. The Hall–Kier alpha value is -4.39. The van der Waals surface area contributed by atoms with Crippen molar-refractivity contribution in [3.05, 3.63) is 76.6 Å². The topological polar surface area (TPSA) is 116 Å². The van der Waals surface area contributed by atoms with Gasteiger partial charge in [0, 0.05) is 11.5 Å². The van der Waals surface area contributed by atoms with E-state index in [4.69, 9.17) is 9.73 Å². The van der Waals surface area contributed by atoms with Crippen molar-refractivity contribution >= 4 is 18.4 Å². The van der Waals surface area contributed by atoms with Crippen LogP contribution < -0.4 is 4.74 Å². The van der Waals surface area contributed by atoms with Crippen LogP contribution >= 0.6 is 0 Å². The maximum Gasteiger partial charge on any atom is 0.435 e. The summed E-state index contributed by atoms with van der Waals surface area (Å²) >= 11 is 0. The molecule has 0 spiro atoms. The number of aliphatic hydroxyl groups is 1. The zero-order valence-corrected chi connectivity index (χ0v) is 21.2. The van der Waals surface area contributed by atoms with E-state index >= 15 is 0 Å². The van der Waals surface area contributed by atoms with Gasteiger partial charge in [-0.1, -0.05) is 12.1 Å². The number of aromatic nitrogens is 6. The van der Waals surface area contributed by atoms with E-state index in [2.05, 4.69) is 31.9 Å². The van der Waals surface area contributed by atoms with Crippen molar-refractivity contribution in [3.63, 3.8) is 0 Å². The van der Waals surface area contributed by atoms with Crippen molar-refractivity contribution in [2.24, 2.45) is 9.98 Å². The smallest absolute Gasteiger partial charge is 0.435 e. The predicted molar refractivity (Wildman–Crippen MR) is 137 cm³/mol. The highest BCUT2D eigenvalue weighted by atomic mass is 19.4. The molecule has 0 bridgehead atoms. The van der Waals surface area contributed by atoms with Crippen LogP contribution in [0.4, 0.5) is 19.0 Å². The second-order valence-corrected chi connectivity index (χ2v) is 9.07. The summed E-state index contributed by atoms with van der Waals surface area (Å²) in [7, 11) is 1.53. The minimum absolute atomic E-state index is 0.0322. The van der Waals surface area contributed by atoms with Crippen molar-refractivity contribution in [1.29, 1.82) is 0 Å². The van der Waals surface area contributed by atoms with E-state index in [1.807, 2.05) is 6.92 Å². The van der Waals surface area contributed by atoms with E-state index in [1.54, 1.807) is 35.1 Å². The van der Waals surface area contributed by atoms with Crippen molar-refractivity contribution in [2.75, 3.05) is 7.11 Å². The number of halogens is 3. The van der Waals surface area contributed by atoms with E-state index < -0.39 is 18.5 Å². The standard InChI is InChI=1S/C26H25F3N8O2/c1-15-11-33-36(24(15)34-23(30-2)21-22(17-6-7-17)31-14-32-25(21)39-3)12-16-4-8-18(9-5-16)37-19(13-38)10-20(35-37)26(27,28)29/h4-5,8-11,14,17,38H,2,6-7,12-13H2,1,3H3/b34-23-. The number of hydrogen-bond acceptors (Lipinski definition) is 7. The van der Waals surface area contributed by atoms with Crippen LogP contribution in [0.5, 0.6) is 5.88 Å². The number of aliphatic imine (C=N–C) groups is 2. The molecule has 0 radical (unpaired) electrons. The first-order valence-electron chi connectivity index (χ1n) is 12.1. The molecule has 1 aliphatic rings. The third kappa shape index (κ3) is 5.30. The van der Waals surface area contributed by atoms with Gasteiger partial charge in [0.25, 0.3) is 0 Å². The summed E-state index contributed by atoms with van der Waals surface area (Å²) in [6, 6.07) is 7.60. The Morgan fingerprint density at radius 1 is 1.21 bits per heavy atom. The molecule has 0 amide bonds. The molecule has 202 valence electrons. The van der Waals surface area contributed by atoms with Gasteiger partial charge in [0.05, 0.1) is 43.5 Å². The maximum absolute atomic E-state index is 13.1. The van der Waals surface area contributed by atoms with E-state index in [0.717, 1.165) is 40.4 Å². The molecular formula is C26H25F3N8O2. The number of aliphatic hydroxyl groups excluding tert-OH is 1. The van der Waals surface area contributed by atoms with Crippen LogP contribution in [0.25, 0.3) is 5.69 Å². The van der Waals surface area contributed by atoms with Crippen molar-refractivity contribution in [1.82, 2.24) is 29.5 Å². The molecular weight excluding hydrogens is 513 g/mol. The molecule has 1 aliphatic carbocycles. The predicted octanol–water partition coefficient (Wildman–Crippen LogP) is 4.39. The molecule has 1 N–H and O–H groups in total. The second-order valence-electron chi connectivity index (χ2n) is 9.07. The number of ether oxygens (including phenoxy) is 1. The van der Waals surface area contributed by atoms with Gasteiger partial charge in [-0.25, -0.2) is 29.3 Å². The first kappa shape index (κ1) is 26.2. The van der Waals surface area contributed by atoms with Crippen LogP contribution in [0.2, 0.25) is 0 Å². The fourth-order valence-electron chi connectivity index (χ4n) is 4.23. The van der Waals surface area contributed by atoms with Crippen LogP contribution in [0, 0.1) is 6.92 Å². The number of amidine groups is 1. The van der Waals surface area contributed by atoms with Crippen LogP contribution in [-0.4, -0.2) is 54.3 Å². The number of nitrogens with zero attached hydrogens (tertiary/aromatic N) is 8. The van der Waals surface area contributed by atoms with E-state index in [0.29, 0.717) is 41.2 Å². The lowest BCUT2D eigenvalue weighted by atomic mass is 10.1. The third-order valence-electron chi connectivity index (χ3n) is 6.32. The van der Waals surface area contributed by atoms with Crippen molar-refractivity contribution in [3.8, 4) is 11.6 Å². The molecule has 0 atom stereocenters. The summed E-state index contributed by atoms with van der Waals surface area (Å²) in [5.41, 5.74) is 2.40. The van der Waals surface area contributed by atoms with Crippen LogP contribution in [0.15, 0.2) is 52.8 Å². The van der Waals surface area contributed by atoms with E-state index in [9.17, 15) is 18.3 Å². The average molecular weight is 539 g/mol. The summed E-state index contributed by atoms with van der Waals surface area (Å²) in [6.45, 7) is 5.33. The molecule has 0 aliphatic heterocycles. The highest BCUT2D eigenvalue weighted by molar-refractivity contribution is 6.05. The lowest BCUT2D eigenvalue weighted by Crippen LogP contribution is -2.10. The van der Waals surface area contributed by atoms with Gasteiger partial charge in [0.2, 0.25) is 5.88 Å². The molecule has 4 aromatic rings. The number of benzene rings is 1. The zero-order chi connectivity index (χ0) is 27.7. The molecule has 1 fully saturated rings. The Bertz CT molecular complexity index is 1540. The molecule has 10 nitrogen and oxygen atoms in total. The second kappa shape index (κ2) is 10.4. The van der Waals surface area contributed by atoms with Gasteiger partial charge in [-0.05, 0) is 50.2 Å². The largest absolute Gasteiger partial charge is 0.480 e. The summed E-state index contributed by atoms with van der Waals surface area (Å²) < 4.78 is 47.6. The number of hydrogen-bond donors (Lipinski definition) is 1. The summed E-state index contributed by atoms with van der Waals surface area (Å²) in [4.78, 5) is 17.6. The lowest BCUT2D eigenvalue weighted by molar-refractivity contribution is -0.141. The van der Waals surface area contributed by atoms with Crippen LogP contribution in [0.1, 0.15) is 52.5 Å². The van der Waals surface area contributed by atoms with Gasteiger partial charge in [-0.15, -0.1) is 0 Å². The summed E-state index contributed by atoms with van der Waals surface area (Å²) in [5, 5.41) is 17.6. The highest BCUT2D eigenvalue weighted by Crippen LogP contribution is 2.42. The van der Waals surface area contributed by atoms with Crippen molar-refractivity contribution in [2.45, 2.75) is 45.0 Å². The van der Waals surface area contributed by atoms with Crippen LogP contribution in [0.3, 0.4) is 0 Å². The van der Waals surface area contributed by atoms with Gasteiger partial charge >= 0.3 is 6.18 Å². The molecule has 5 rings (SSSR count). The Morgan fingerprint density at radius 3 is 2.56 bits per heavy atom. The van der Waals surface area contributed by atoms with Crippen LogP contribution in [-0.2, 0) is 19.3 Å². The summed E-state index contributed by atoms with van der Waals surface area (Å²) in [6.07, 6.45) is 0.566. The molecule has 0 saturated heterocycles. The number of aryl methyl sites for hydroxylation is 1. The SMILES string of the molecule is C=N/C(=N\c1c(C)cnn1Cc1ccc(-n2nc(C(F)(F)F)cc2CO)cc1)c1c(OC)ncnc1C1CC1. The zero-order valence-electron chi connectivity index (χ0n) is 21.2. The molecule has 13 heteroatoms. The molecule has 1 saturated carbocycles.